The van der Waals surface area contributed by atoms with E-state index in [0.717, 1.165) is 31.0 Å². The van der Waals surface area contributed by atoms with Gasteiger partial charge in [0.2, 0.25) is 5.82 Å². The summed E-state index contributed by atoms with van der Waals surface area (Å²) in [5, 5.41) is 0. The summed E-state index contributed by atoms with van der Waals surface area (Å²) in [6.07, 6.45) is 0.710. The molecule has 1 nitrogen and oxygen atoms in total. The van der Waals surface area contributed by atoms with Gasteiger partial charge in [0.15, 0.2) is 29.0 Å². The van der Waals surface area contributed by atoms with Crippen molar-refractivity contribution >= 4 is 0 Å². The minimum absolute atomic E-state index is 0.0543. The third-order valence-corrected chi connectivity index (χ3v) is 6.86. The first-order valence-corrected chi connectivity index (χ1v) is 12.3. The van der Waals surface area contributed by atoms with Crippen molar-refractivity contribution < 1.29 is 44.3 Å². The van der Waals surface area contributed by atoms with E-state index in [0.29, 0.717) is 30.5 Å². The summed E-state index contributed by atoms with van der Waals surface area (Å²) < 4.78 is 132. The molecule has 0 amide bonds. The highest BCUT2D eigenvalue weighted by Crippen LogP contribution is 2.39. The third kappa shape index (κ3) is 6.09. The van der Waals surface area contributed by atoms with Crippen LogP contribution in [0.1, 0.15) is 54.4 Å². The SMILES string of the molecule is CCC1C=CC(c2cc(F)c(C(F)(F)Oc3ccc(CCc4cc(F)c(F)c(F)c4)c(F)c3F)c(F)c2)CC1. The topological polar surface area (TPSA) is 9.23 Å². The number of hydrogen-bond acceptors (Lipinski definition) is 1. The molecule has 39 heavy (non-hydrogen) atoms. The zero-order chi connectivity index (χ0) is 28.5. The van der Waals surface area contributed by atoms with Crippen LogP contribution in [-0.2, 0) is 19.0 Å². The fraction of sp³-hybridized carbons (Fsp3) is 0.310. The molecule has 3 aromatic rings. The lowest BCUT2D eigenvalue weighted by Crippen LogP contribution is -2.26. The van der Waals surface area contributed by atoms with E-state index in [-0.39, 0.29) is 35.4 Å². The average Bonchev–Trinajstić information content (AvgIpc) is 2.88. The molecule has 2 unspecified atom stereocenters. The van der Waals surface area contributed by atoms with Gasteiger partial charge in [-0.2, -0.15) is 13.2 Å². The maximum Gasteiger partial charge on any atom is 0.432 e. The Bertz CT molecular complexity index is 1350. The quantitative estimate of drug-likeness (QED) is 0.152. The van der Waals surface area contributed by atoms with Gasteiger partial charge in [0.1, 0.15) is 17.2 Å². The molecule has 0 aliphatic heterocycles. The van der Waals surface area contributed by atoms with E-state index < -0.39 is 58.1 Å². The van der Waals surface area contributed by atoms with Crippen LogP contribution in [-0.4, -0.2) is 0 Å². The molecular weight excluding hydrogens is 535 g/mol. The first kappa shape index (κ1) is 28.6. The van der Waals surface area contributed by atoms with Gasteiger partial charge in [0.25, 0.3) is 0 Å². The fourth-order valence-electron chi connectivity index (χ4n) is 4.64. The lowest BCUT2D eigenvalue weighted by atomic mass is 9.83. The van der Waals surface area contributed by atoms with Crippen LogP contribution < -0.4 is 4.74 Å². The number of ether oxygens (including phenoxy) is 1. The van der Waals surface area contributed by atoms with Crippen molar-refractivity contribution in [1.82, 2.24) is 0 Å². The third-order valence-electron chi connectivity index (χ3n) is 6.86. The highest BCUT2D eigenvalue weighted by atomic mass is 19.3. The average molecular weight is 558 g/mol. The smallest absolute Gasteiger partial charge is 0.425 e. The van der Waals surface area contributed by atoms with E-state index in [1.165, 1.54) is 0 Å². The minimum Gasteiger partial charge on any atom is -0.425 e. The first-order chi connectivity index (χ1) is 18.4. The molecule has 0 bridgehead atoms. The van der Waals surface area contributed by atoms with Crippen molar-refractivity contribution in [3.63, 3.8) is 0 Å². The van der Waals surface area contributed by atoms with E-state index in [9.17, 15) is 39.5 Å². The molecule has 208 valence electrons. The normalized spacial score (nSPS) is 17.5. The Balaban J connectivity index is 1.52. The Labute approximate surface area is 218 Å². The zero-order valence-corrected chi connectivity index (χ0v) is 20.6. The van der Waals surface area contributed by atoms with Crippen LogP contribution in [0.5, 0.6) is 5.75 Å². The molecule has 1 aliphatic carbocycles. The molecule has 1 aliphatic rings. The molecule has 10 heteroatoms. The monoisotopic (exact) mass is 558 g/mol. The second-order valence-corrected chi connectivity index (χ2v) is 9.44. The Kier molecular flexibility index (Phi) is 8.32. The fourth-order valence-corrected chi connectivity index (χ4v) is 4.64. The molecule has 2 atom stereocenters. The molecule has 0 aromatic heterocycles. The molecule has 0 saturated carbocycles. The van der Waals surface area contributed by atoms with Gasteiger partial charge in [0, 0.05) is 5.92 Å². The van der Waals surface area contributed by atoms with Crippen LogP contribution in [0.15, 0.2) is 48.6 Å². The van der Waals surface area contributed by atoms with E-state index in [2.05, 4.69) is 4.74 Å². The summed E-state index contributed by atoms with van der Waals surface area (Å²) in [5.74, 6) is -12.6. The van der Waals surface area contributed by atoms with Gasteiger partial charge < -0.3 is 4.74 Å². The Hall–Kier alpha value is -3.43. The largest absolute Gasteiger partial charge is 0.432 e. The summed E-state index contributed by atoms with van der Waals surface area (Å²) in [6, 6.07) is 4.46. The number of allylic oxidation sites excluding steroid dienone is 2. The van der Waals surface area contributed by atoms with E-state index >= 15 is 0 Å². The second-order valence-electron chi connectivity index (χ2n) is 9.44. The van der Waals surface area contributed by atoms with Crippen molar-refractivity contribution in [2.24, 2.45) is 5.92 Å². The highest BCUT2D eigenvalue weighted by molar-refractivity contribution is 5.36. The van der Waals surface area contributed by atoms with E-state index in [4.69, 9.17) is 0 Å². The van der Waals surface area contributed by atoms with Gasteiger partial charge in [-0.3, -0.25) is 0 Å². The molecule has 0 fully saturated rings. The van der Waals surface area contributed by atoms with Gasteiger partial charge in [-0.1, -0.05) is 25.1 Å². The maximum absolute atomic E-state index is 14.8. The van der Waals surface area contributed by atoms with Crippen LogP contribution in [0, 0.1) is 46.6 Å². The molecule has 4 rings (SSSR count). The van der Waals surface area contributed by atoms with Crippen molar-refractivity contribution in [1.29, 1.82) is 0 Å². The van der Waals surface area contributed by atoms with Crippen LogP contribution >= 0.6 is 0 Å². The van der Waals surface area contributed by atoms with Gasteiger partial charge in [-0.25, -0.2) is 26.3 Å². The molecule has 0 N–H and O–H groups in total. The van der Waals surface area contributed by atoms with Crippen molar-refractivity contribution in [2.75, 3.05) is 0 Å². The van der Waals surface area contributed by atoms with Gasteiger partial charge >= 0.3 is 6.11 Å². The van der Waals surface area contributed by atoms with E-state index in [1.54, 1.807) is 6.08 Å². The lowest BCUT2D eigenvalue weighted by Gasteiger charge is -2.24. The Morgan fingerprint density at radius 1 is 0.744 bits per heavy atom. The summed E-state index contributed by atoms with van der Waals surface area (Å²) in [5.41, 5.74) is -2.00. The summed E-state index contributed by atoms with van der Waals surface area (Å²) in [6.45, 7) is 2.01. The van der Waals surface area contributed by atoms with Gasteiger partial charge in [-0.05, 0) is 85.0 Å². The second kappa shape index (κ2) is 11.4. The summed E-state index contributed by atoms with van der Waals surface area (Å²) in [4.78, 5) is 0. The molecular formula is C29H23F9O. The maximum atomic E-state index is 14.8. The summed E-state index contributed by atoms with van der Waals surface area (Å²) in [7, 11) is 0. The number of benzene rings is 3. The lowest BCUT2D eigenvalue weighted by molar-refractivity contribution is -0.191. The van der Waals surface area contributed by atoms with Gasteiger partial charge in [0.05, 0.1) is 0 Å². The molecule has 0 saturated heterocycles. The predicted octanol–water partition coefficient (Wildman–Crippen LogP) is 9.03. The van der Waals surface area contributed by atoms with Crippen molar-refractivity contribution in [3.8, 4) is 5.75 Å². The molecule has 0 spiro atoms. The van der Waals surface area contributed by atoms with E-state index in [1.807, 2.05) is 13.0 Å². The molecule has 0 radical (unpaired) electrons. The first-order valence-electron chi connectivity index (χ1n) is 12.3. The Morgan fingerprint density at radius 2 is 1.38 bits per heavy atom. The summed E-state index contributed by atoms with van der Waals surface area (Å²) >= 11 is 0. The van der Waals surface area contributed by atoms with Gasteiger partial charge in [-0.15, -0.1) is 0 Å². The number of aryl methyl sites for hydroxylation is 2. The minimum atomic E-state index is -4.69. The number of alkyl halides is 2. The predicted molar refractivity (Wildman–Crippen MR) is 126 cm³/mol. The van der Waals surface area contributed by atoms with Crippen LogP contribution in [0.2, 0.25) is 0 Å². The Morgan fingerprint density at radius 3 is 1.95 bits per heavy atom. The van der Waals surface area contributed by atoms with Crippen LogP contribution in [0.3, 0.4) is 0 Å². The van der Waals surface area contributed by atoms with Crippen LogP contribution in [0.4, 0.5) is 39.5 Å². The van der Waals surface area contributed by atoms with Crippen molar-refractivity contribution in [3.05, 3.63) is 112 Å². The molecule has 3 aromatic carbocycles. The van der Waals surface area contributed by atoms with Crippen molar-refractivity contribution in [2.45, 2.75) is 51.1 Å². The van der Waals surface area contributed by atoms with Crippen LogP contribution in [0.25, 0.3) is 0 Å². The standard InChI is InChI=1S/C29H23F9O/c1-2-15-3-6-17(7-4-15)19-13-20(30)25(21(31)14-19)29(37,38)39-24-10-9-18(26(34)28(24)36)8-5-16-11-22(32)27(35)23(33)12-16/h3,6,9-15,17H,2,4-5,7-8H2,1H3. The number of hydrogen-bond donors (Lipinski definition) is 0. The zero-order valence-electron chi connectivity index (χ0n) is 20.6. The number of halogens is 9. The molecule has 0 heterocycles. The number of rotatable bonds is 8. The highest BCUT2D eigenvalue weighted by Gasteiger charge is 2.42.